The molecule has 88 valence electrons. The average molecular weight is 225 g/mol. The van der Waals surface area contributed by atoms with Crippen molar-refractivity contribution >= 4 is 12.2 Å². The van der Waals surface area contributed by atoms with Gasteiger partial charge in [-0.05, 0) is 34.8 Å². The van der Waals surface area contributed by atoms with Crippen LogP contribution in [0.1, 0.15) is 37.6 Å². The molecule has 17 heavy (non-hydrogen) atoms. The summed E-state index contributed by atoms with van der Waals surface area (Å²) in [5.74, 6) is 0. The number of hydrogen-bond donors (Lipinski definition) is 1. The Morgan fingerprint density at radius 1 is 0.941 bits per heavy atom. The molecule has 1 heteroatoms. The molecule has 0 unspecified atom stereocenters. The van der Waals surface area contributed by atoms with Crippen LogP contribution in [0.5, 0.6) is 0 Å². The Bertz CT molecular complexity index is 481. The van der Waals surface area contributed by atoms with Crippen LogP contribution in [0.4, 0.5) is 0 Å². The molecule has 0 saturated heterocycles. The molecule has 0 amide bonds. The smallest absolute Gasteiger partial charge is 0.0380 e. The summed E-state index contributed by atoms with van der Waals surface area (Å²) in [5.41, 5.74) is 3.95. The van der Waals surface area contributed by atoms with Crippen molar-refractivity contribution < 1.29 is 0 Å². The Hall–Kier alpha value is -1.76. The van der Waals surface area contributed by atoms with E-state index in [2.05, 4.69) is 68.2 Å². The molecule has 0 atom stereocenters. The van der Waals surface area contributed by atoms with Crippen LogP contribution in [0, 0.1) is 0 Å². The van der Waals surface area contributed by atoms with Crippen LogP contribution < -0.4 is 0 Å². The van der Waals surface area contributed by atoms with Gasteiger partial charge in [0.05, 0.1) is 0 Å². The minimum Gasteiger partial charge on any atom is -0.362 e. The number of nitrogens with one attached hydrogen (secondary N) is 1. The summed E-state index contributed by atoms with van der Waals surface area (Å²) in [4.78, 5) is 3.16. The van der Waals surface area contributed by atoms with Crippen molar-refractivity contribution in [1.29, 1.82) is 0 Å². The van der Waals surface area contributed by atoms with E-state index in [1.165, 1.54) is 11.1 Å². The SMILES string of the molecule is CC(C)(C)c1ccc(C=Cc2ccc[nH]2)cc1. The molecule has 1 aromatic heterocycles. The van der Waals surface area contributed by atoms with Crippen molar-refractivity contribution in [2.24, 2.45) is 0 Å². The van der Waals surface area contributed by atoms with Gasteiger partial charge in [-0.2, -0.15) is 0 Å². The number of rotatable bonds is 2. The lowest BCUT2D eigenvalue weighted by Gasteiger charge is -2.18. The van der Waals surface area contributed by atoms with E-state index in [1.54, 1.807) is 0 Å². The summed E-state index contributed by atoms with van der Waals surface area (Å²) in [6.07, 6.45) is 6.15. The fraction of sp³-hybridized carbons (Fsp3) is 0.250. The van der Waals surface area contributed by atoms with Crippen LogP contribution in [0.15, 0.2) is 42.6 Å². The number of H-pyrrole nitrogens is 1. The van der Waals surface area contributed by atoms with Crippen molar-refractivity contribution in [1.82, 2.24) is 4.98 Å². The zero-order chi connectivity index (χ0) is 12.3. The van der Waals surface area contributed by atoms with Crippen molar-refractivity contribution in [3.63, 3.8) is 0 Å². The summed E-state index contributed by atoms with van der Waals surface area (Å²) < 4.78 is 0. The van der Waals surface area contributed by atoms with Gasteiger partial charge in [0.25, 0.3) is 0 Å². The third-order valence-corrected chi connectivity index (χ3v) is 2.85. The van der Waals surface area contributed by atoms with Gasteiger partial charge < -0.3 is 4.98 Å². The lowest BCUT2D eigenvalue weighted by Crippen LogP contribution is -2.10. The molecule has 0 saturated carbocycles. The van der Waals surface area contributed by atoms with Gasteiger partial charge in [0, 0.05) is 11.9 Å². The summed E-state index contributed by atoms with van der Waals surface area (Å²) in [5, 5.41) is 0. The molecule has 2 rings (SSSR count). The zero-order valence-corrected chi connectivity index (χ0v) is 10.7. The van der Waals surface area contributed by atoms with Crippen LogP contribution in [0.2, 0.25) is 0 Å². The first-order chi connectivity index (χ1) is 8.05. The Morgan fingerprint density at radius 3 is 2.18 bits per heavy atom. The maximum Gasteiger partial charge on any atom is 0.0380 e. The fourth-order valence-corrected chi connectivity index (χ4v) is 1.73. The number of benzene rings is 1. The minimum atomic E-state index is 0.224. The quantitative estimate of drug-likeness (QED) is 0.775. The van der Waals surface area contributed by atoms with Gasteiger partial charge in [-0.25, -0.2) is 0 Å². The number of aromatic amines is 1. The summed E-state index contributed by atoms with van der Waals surface area (Å²) in [6, 6.07) is 12.8. The van der Waals surface area contributed by atoms with Crippen LogP contribution in [-0.2, 0) is 5.41 Å². The van der Waals surface area contributed by atoms with Gasteiger partial charge in [0.2, 0.25) is 0 Å². The zero-order valence-electron chi connectivity index (χ0n) is 10.7. The van der Waals surface area contributed by atoms with Gasteiger partial charge in [0.15, 0.2) is 0 Å². The Balaban J connectivity index is 2.14. The standard InChI is InChI=1S/C16H19N/c1-16(2,3)14-9-6-13(7-10-14)8-11-15-5-4-12-17-15/h4-12,17H,1-3H3. The molecule has 0 spiro atoms. The van der Waals surface area contributed by atoms with E-state index >= 15 is 0 Å². The molecule has 0 aliphatic heterocycles. The van der Waals surface area contributed by atoms with Gasteiger partial charge in [-0.15, -0.1) is 0 Å². The minimum absolute atomic E-state index is 0.224. The largest absolute Gasteiger partial charge is 0.362 e. The molecule has 1 aromatic carbocycles. The normalized spacial score (nSPS) is 12.2. The van der Waals surface area contributed by atoms with E-state index in [4.69, 9.17) is 0 Å². The van der Waals surface area contributed by atoms with E-state index in [0.29, 0.717) is 0 Å². The second-order valence-corrected chi connectivity index (χ2v) is 5.33. The number of hydrogen-bond acceptors (Lipinski definition) is 0. The van der Waals surface area contributed by atoms with Gasteiger partial charge in [-0.1, -0.05) is 51.1 Å². The second kappa shape index (κ2) is 4.62. The third kappa shape index (κ3) is 3.10. The van der Waals surface area contributed by atoms with Crippen molar-refractivity contribution in [2.75, 3.05) is 0 Å². The Labute approximate surface area is 103 Å². The first-order valence-corrected chi connectivity index (χ1v) is 5.98. The maximum atomic E-state index is 3.16. The highest BCUT2D eigenvalue weighted by Gasteiger charge is 2.12. The second-order valence-electron chi connectivity index (χ2n) is 5.33. The van der Waals surface area contributed by atoms with Gasteiger partial charge >= 0.3 is 0 Å². The predicted molar refractivity (Wildman–Crippen MR) is 74.9 cm³/mol. The predicted octanol–water partition coefficient (Wildman–Crippen LogP) is 4.48. The van der Waals surface area contributed by atoms with Crippen molar-refractivity contribution in [3.8, 4) is 0 Å². The summed E-state index contributed by atoms with van der Waals surface area (Å²) >= 11 is 0. The highest BCUT2D eigenvalue weighted by Crippen LogP contribution is 2.22. The van der Waals surface area contributed by atoms with Crippen LogP contribution in [-0.4, -0.2) is 4.98 Å². The summed E-state index contributed by atoms with van der Waals surface area (Å²) in [6.45, 7) is 6.70. The van der Waals surface area contributed by atoms with E-state index in [-0.39, 0.29) is 5.41 Å². The lowest BCUT2D eigenvalue weighted by atomic mass is 9.87. The Morgan fingerprint density at radius 2 is 1.65 bits per heavy atom. The Kier molecular flexibility index (Phi) is 3.19. The highest BCUT2D eigenvalue weighted by atomic mass is 14.7. The maximum absolute atomic E-state index is 3.16. The van der Waals surface area contributed by atoms with E-state index in [0.717, 1.165) is 5.69 Å². The van der Waals surface area contributed by atoms with Crippen LogP contribution in [0.25, 0.3) is 12.2 Å². The van der Waals surface area contributed by atoms with E-state index in [1.807, 2.05) is 12.3 Å². The number of aromatic nitrogens is 1. The van der Waals surface area contributed by atoms with Gasteiger partial charge in [0.1, 0.15) is 0 Å². The van der Waals surface area contributed by atoms with Crippen LogP contribution in [0.3, 0.4) is 0 Å². The molecule has 0 radical (unpaired) electrons. The van der Waals surface area contributed by atoms with Crippen molar-refractivity contribution in [2.45, 2.75) is 26.2 Å². The average Bonchev–Trinajstić information content (AvgIpc) is 2.78. The van der Waals surface area contributed by atoms with E-state index in [9.17, 15) is 0 Å². The monoisotopic (exact) mass is 225 g/mol. The molecule has 0 aliphatic rings. The van der Waals surface area contributed by atoms with E-state index < -0.39 is 0 Å². The highest BCUT2D eigenvalue weighted by molar-refractivity contribution is 5.68. The first kappa shape index (κ1) is 11.7. The third-order valence-electron chi connectivity index (χ3n) is 2.85. The molecule has 1 nitrogen and oxygen atoms in total. The molecule has 1 N–H and O–H groups in total. The van der Waals surface area contributed by atoms with Crippen molar-refractivity contribution in [3.05, 3.63) is 59.4 Å². The fourth-order valence-electron chi connectivity index (χ4n) is 1.73. The molecule has 0 aliphatic carbocycles. The summed E-state index contributed by atoms with van der Waals surface area (Å²) in [7, 11) is 0. The molecule has 1 heterocycles. The molecule has 2 aromatic rings. The van der Waals surface area contributed by atoms with Gasteiger partial charge in [-0.3, -0.25) is 0 Å². The van der Waals surface area contributed by atoms with Crippen LogP contribution >= 0.6 is 0 Å². The first-order valence-electron chi connectivity index (χ1n) is 5.98. The topological polar surface area (TPSA) is 15.8 Å². The molecule has 0 bridgehead atoms. The molecule has 0 fully saturated rings. The lowest BCUT2D eigenvalue weighted by molar-refractivity contribution is 0.590. The molecular formula is C16H19N. The molecular weight excluding hydrogens is 206 g/mol.